The van der Waals surface area contributed by atoms with Crippen LogP contribution in [0.2, 0.25) is 0 Å². The fourth-order valence-electron chi connectivity index (χ4n) is 2.22. The maximum Gasteiger partial charge on any atom is 0.219 e. The standard InChI is InChI=1S/C16H18N2O/c1-11-5-4-6-12(9-11)13-7-2-3-8-14(13)15(17)10-16(18)19/h2-9,15H,10,17H2,1H3,(H2,18,19). The summed E-state index contributed by atoms with van der Waals surface area (Å²) >= 11 is 0. The fraction of sp³-hybridized carbons (Fsp3) is 0.188. The van der Waals surface area contributed by atoms with Gasteiger partial charge in [0, 0.05) is 12.5 Å². The molecule has 0 saturated heterocycles. The third-order valence-electron chi connectivity index (χ3n) is 3.11. The van der Waals surface area contributed by atoms with Crippen molar-refractivity contribution in [3.63, 3.8) is 0 Å². The molecule has 0 aliphatic heterocycles. The first-order valence-electron chi connectivity index (χ1n) is 6.28. The molecule has 0 heterocycles. The molecular formula is C16H18N2O. The van der Waals surface area contributed by atoms with Crippen LogP contribution in [0.3, 0.4) is 0 Å². The summed E-state index contributed by atoms with van der Waals surface area (Å²) in [6.07, 6.45) is 0.156. The third-order valence-corrected chi connectivity index (χ3v) is 3.11. The number of nitrogens with two attached hydrogens (primary N) is 2. The van der Waals surface area contributed by atoms with Crippen molar-refractivity contribution in [2.75, 3.05) is 0 Å². The van der Waals surface area contributed by atoms with E-state index in [1.54, 1.807) is 0 Å². The van der Waals surface area contributed by atoms with E-state index >= 15 is 0 Å². The molecule has 4 N–H and O–H groups in total. The van der Waals surface area contributed by atoms with Crippen LogP contribution >= 0.6 is 0 Å². The zero-order valence-electron chi connectivity index (χ0n) is 11.0. The number of amides is 1. The molecule has 2 rings (SSSR count). The molecule has 1 atom stereocenters. The molecule has 2 aromatic rings. The number of primary amides is 1. The number of benzene rings is 2. The Bertz CT molecular complexity index is 593. The number of rotatable bonds is 4. The molecule has 0 fully saturated rings. The minimum Gasteiger partial charge on any atom is -0.370 e. The summed E-state index contributed by atoms with van der Waals surface area (Å²) < 4.78 is 0. The van der Waals surface area contributed by atoms with Gasteiger partial charge in [0.2, 0.25) is 5.91 Å². The molecule has 0 aliphatic carbocycles. The molecule has 0 bridgehead atoms. The van der Waals surface area contributed by atoms with Gasteiger partial charge in [0.1, 0.15) is 0 Å². The second-order valence-electron chi connectivity index (χ2n) is 4.73. The predicted molar refractivity (Wildman–Crippen MR) is 77.4 cm³/mol. The lowest BCUT2D eigenvalue weighted by Gasteiger charge is -2.15. The van der Waals surface area contributed by atoms with Gasteiger partial charge in [0.25, 0.3) is 0 Å². The number of hydrogen-bond donors (Lipinski definition) is 2. The molecular weight excluding hydrogens is 236 g/mol. The Hall–Kier alpha value is -2.13. The lowest BCUT2D eigenvalue weighted by Crippen LogP contribution is -2.21. The van der Waals surface area contributed by atoms with E-state index in [1.807, 2.05) is 36.4 Å². The van der Waals surface area contributed by atoms with Crippen molar-refractivity contribution in [3.05, 3.63) is 59.7 Å². The van der Waals surface area contributed by atoms with Gasteiger partial charge in [-0.25, -0.2) is 0 Å². The first-order chi connectivity index (χ1) is 9.08. The highest BCUT2D eigenvalue weighted by molar-refractivity contribution is 5.76. The molecule has 0 radical (unpaired) electrons. The smallest absolute Gasteiger partial charge is 0.219 e. The van der Waals surface area contributed by atoms with E-state index in [9.17, 15) is 4.79 Å². The van der Waals surface area contributed by atoms with Crippen LogP contribution in [-0.2, 0) is 4.79 Å². The minimum absolute atomic E-state index is 0.156. The molecule has 3 nitrogen and oxygen atoms in total. The van der Waals surface area contributed by atoms with Gasteiger partial charge in [-0.15, -0.1) is 0 Å². The molecule has 0 saturated carbocycles. The van der Waals surface area contributed by atoms with Gasteiger partial charge in [-0.05, 0) is 23.6 Å². The average molecular weight is 254 g/mol. The fourth-order valence-corrected chi connectivity index (χ4v) is 2.22. The first kappa shape index (κ1) is 13.3. The monoisotopic (exact) mass is 254 g/mol. The van der Waals surface area contributed by atoms with E-state index in [0.29, 0.717) is 0 Å². The lowest BCUT2D eigenvalue weighted by atomic mass is 9.93. The largest absolute Gasteiger partial charge is 0.370 e. The molecule has 0 spiro atoms. The molecule has 1 amide bonds. The van der Waals surface area contributed by atoms with Crippen LogP contribution < -0.4 is 11.5 Å². The highest BCUT2D eigenvalue weighted by Crippen LogP contribution is 2.29. The molecule has 1 unspecified atom stereocenters. The second kappa shape index (κ2) is 5.67. The van der Waals surface area contributed by atoms with E-state index in [-0.39, 0.29) is 18.4 Å². The Morgan fingerprint density at radius 3 is 2.58 bits per heavy atom. The topological polar surface area (TPSA) is 69.1 Å². The van der Waals surface area contributed by atoms with E-state index in [0.717, 1.165) is 16.7 Å². The van der Waals surface area contributed by atoms with Crippen molar-refractivity contribution < 1.29 is 4.79 Å². The Balaban J connectivity index is 2.44. The molecule has 0 aromatic heterocycles. The summed E-state index contributed by atoms with van der Waals surface area (Å²) in [7, 11) is 0. The van der Waals surface area contributed by atoms with Gasteiger partial charge in [0.05, 0.1) is 0 Å². The van der Waals surface area contributed by atoms with Crippen LogP contribution in [0, 0.1) is 6.92 Å². The molecule has 0 aliphatic rings. The van der Waals surface area contributed by atoms with Crippen LogP contribution in [0.5, 0.6) is 0 Å². The third kappa shape index (κ3) is 3.20. The van der Waals surface area contributed by atoms with E-state index in [2.05, 4.69) is 19.1 Å². The zero-order valence-corrected chi connectivity index (χ0v) is 11.0. The SMILES string of the molecule is Cc1cccc(-c2ccccc2C(N)CC(N)=O)c1. The second-order valence-corrected chi connectivity index (χ2v) is 4.73. The van der Waals surface area contributed by atoms with Crippen LogP contribution in [0.25, 0.3) is 11.1 Å². The Morgan fingerprint density at radius 1 is 1.16 bits per heavy atom. The summed E-state index contributed by atoms with van der Waals surface area (Å²) in [5.41, 5.74) is 15.6. The number of carbonyl (C=O) groups is 1. The maximum absolute atomic E-state index is 11.0. The Kier molecular flexibility index (Phi) is 3.97. The summed E-state index contributed by atoms with van der Waals surface area (Å²) in [4.78, 5) is 11.0. The molecule has 98 valence electrons. The van der Waals surface area contributed by atoms with Gasteiger partial charge < -0.3 is 11.5 Å². The van der Waals surface area contributed by atoms with Crippen molar-refractivity contribution in [1.29, 1.82) is 0 Å². The van der Waals surface area contributed by atoms with Gasteiger partial charge in [-0.3, -0.25) is 4.79 Å². The van der Waals surface area contributed by atoms with Crippen molar-refractivity contribution in [3.8, 4) is 11.1 Å². The lowest BCUT2D eigenvalue weighted by molar-refractivity contribution is -0.118. The predicted octanol–water partition coefficient (Wildman–Crippen LogP) is 2.54. The van der Waals surface area contributed by atoms with Crippen molar-refractivity contribution in [2.45, 2.75) is 19.4 Å². The maximum atomic E-state index is 11.0. The van der Waals surface area contributed by atoms with Crippen LogP contribution in [0.15, 0.2) is 48.5 Å². The highest BCUT2D eigenvalue weighted by Gasteiger charge is 2.14. The van der Waals surface area contributed by atoms with Crippen molar-refractivity contribution in [1.82, 2.24) is 0 Å². The summed E-state index contributed by atoms with van der Waals surface area (Å²) in [5.74, 6) is -0.383. The van der Waals surface area contributed by atoms with Gasteiger partial charge >= 0.3 is 0 Å². The van der Waals surface area contributed by atoms with E-state index in [4.69, 9.17) is 11.5 Å². The summed E-state index contributed by atoms with van der Waals surface area (Å²) in [6, 6.07) is 15.7. The van der Waals surface area contributed by atoms with Crippen LogP contribution in [0.4, 0.5) is 0 Å². The van der Waals surface area contributed by atoms with Gasteiger partial charge in [-0.2, -0.15) is 0 Å². The Labute approximate surface area is 113 Å². The summed E-state index contributed by atoms with van der Waals surface area (Å²) in [5, 5.41) is 0. The molecule has 2 aromatic carbocycles. The van der Waals surface area contributed by atoms with Gasteiger partial charge in [-0.1, -0.05) is 54.1 Å². The van der Waals surface area contributed by atoms with Crippen molar-refractivity contribution >= 4 is 5.91 Å². The quantitative estimate of drug-likeness (QED) is 0.880. The zero-order chi connectivity index (χ0) is 13.8. The summed E-state index contributed by atoms with van der Waals surface area (Å²) in [6.45, 7) is 2.05. The van der Waals surface area contributed by atoms with Crippen LogP contribution in [-0.4, -0.2) is 5.91 Å². The first-order valence-corrected chi connectivity index (χ1v) is 6.28. The number of carbonyl (C=O) groups excluding carboxylic acids is 1. The van der Waals surface area contributed by atoms with E-state index < -0.39 is 0 Å². The Morgan fingerprint density at radius 2 is 1.89 bits per heavy atom. The highest BCUT2D eigenvalue weighted by atomic mass is 16.1. The number of aryl methyl sites for hydroxylation is 1. The average Bonchev–Trinajstić information content (AvgIpc) is 2.38. The van der Waals surface area contributed by atoms with Crippen LogP contribution in [0.1, 0.15) is 23.6 Å². The number of hydrogen-bond acceptors (Lipinski definition) is 2. The normalized spacial score (nSPS) is 12.1. The molecule has 19 heavy (non-hydrogen) atoms. The van der Waals surface area contributed by atoms with E-state index in [1.165, 1.54) is 5.56 Å². The minimum atomic E-state index is -0.383. The van der Waals surface area contributed by atoms with Gasteiger partial charge in [0.15, 0.2) is 0 Å². The molecule has 3 heteroatoms. The van der Waals surface area contributed by atoms with Crippen molar-refractivity contribution in [2.24, 2.45) is 11.5 Å².